The summed E-state index contributed by atoms with van der Waals surface area (Å²) in [5, 5.41) is 15.4. The molecule has 0 aromatic carbocycles. The Kier molecular flexibility index (Phi) is 22.5. The minimum Gasteiger partial charge on any atom is -0.322 e. The number of carbonyl (C=O) groups is 2. The Morgan fingerprint density at radius 2 is 1.55 bits per heavy atom. The topological polar surface area (TPSA) is 104 Å². The van der Waals surface area contributed by atoms with Crippen LogP contribution in [0.15, 0.2) is 25.0 Å². The Morgan fingerprint density at radius 1 is 1.00 bits per heavy atom. The molecule has 0 aliphatic carbocycles. The number of aromatic amines is 2. The van der Waals surface area contributed by atoms with E-state index in [2.05, 4.69) is 44.9 Å². The predicted molar refractivity (Wildman–Crippen MR) is 145 cm³/mol. The van der Waals surface area contributed by atoms with E-state index in [-0.39, 0.29) is 56.0 Å². The van der Waals surface area contributed by atoms with Gasteiger partial charge in [0.1, 0.15) is 10.3 Å². The summed E-state index contributed by atoms with van der Waals surface area (Å²) < 4.78 is 68.5. The van der Waals surface area contributed by atoms with Crippen LogP contribution in [-0.4, -0.2) is 61.7 Å². The van der Waals surface area contributed by atoms with Gasteiger partial charge < -0.3 is 5.32 Å². The number of thiol groups is 1. The lowest BCUT2D eigenvalue weighted by Gasteiger charge is -2.05. The van der Waals surface area contributed by atoms with Gasteiger partial charge in [-0.05, 0) is 11.8 Å². The van der Waals surface area contributed by atoms with Crippen LogP contribution in [0.4, 0.5) is 32.0 Å². The monoisotopic (exact) mass is 633 g/mol. The molecule has 1 amide bonds. The highest BCUT2D eigenvalue weighted by Crippen LogP contribution is 2.22. The fourth-order valence-electron chi connectivity index (χ4n) is 1.83. The van der Waals surface area contributed by atoms with Gasteiger partial charge in [-0.1, -0.05) is 44.6 Å². The van der Waals surface area contributed by atoms with E-state index in [1.54, 1.807) is 0 Å². The van der Waals surface area contributed by atoms with Crippen molar-refractivity contribution in [1.82, 2.24) is 20.4 Å². The Bertz CT molecular complexity index is 940. The molecule has 0 aliphatic heterocycles. The molecule has 0 aliphatic rings. The van der Waals surface area contributed by atoms with Crippen molar-refractivity contribution in [3.05, 3.63) is 40.9 Å². The quantitative estimate of drug-likeness (QED) is 0.0934. The lowest BCUT2D eigenvalue weighted by Crippen LogP contribution is -2.13. The van der Waals surface area contributed by atoms with Crippen molar-refractivity contribution in [2.75, 3.05) is 22.6 Å². The number of carbonyl (C=O) groups excluding carboxylic acids is 2. The second-order valence-corrected chi connectivity index (χ2v) is 8.95. The van der Waals surface area contributed by atoms with Crippen LogP contribution in [0.1, 0.15) is 39.7 Å². The lowest BCUT2D eigenvalue weighted by molar-refractivity contribution is -0.130. The molecule has 0 fully saturated rings. The molecule has 0 bridgehead atoms. The van der Waals surface area contributed by atoms with Crippen LogP contribution < -0.4 is 5.32 Å². The third kappa shape index (κ3) is 22.2. The number of alkyl halides is 6. The molecule has 0 saturated carbocycles. The zero-order chi connectivity index (χ0) is 27.8. The number of allylic oxidation sites excluding steroid dienone is 1. The molecule has 2 rings (SSSR count). The molecule has 220 valence electrons. The van der Waals surface area contributed by atoms with E-state index in [9.17, 15) is 35.9 Å². The first-order chi connectivity index (χ1) is 16.7. The summed E-state index contributed by atoms with van der Waals surface area (Å²) in [5.41, 5.74) is 1.07. The highest BCUT2D eigenvalue weighted by molar-refractivity contribution is 7.99. The van der Waals surface area contributed by atoms with Crippen molar-refractivity contribution in [3.8, 4) is 0 Å². The second-order valence-electron chi connectivity index (χ2n) is 6.52. The van der Waals surface area contributed by atoms with Gasteiger partial charge in [0, 0.05) is 29.9 Å². The number of aromatic nitrogens is 4. The van der Waals surface area contributed by atoms with Gasteiger partial charge in [-0.2, -0.15) is 60.9 Å². The third-order valence-electron chi connectivity index (χ3n) is 3.52. The number of ketones is 1. The maximum Gasteiger partial charge on any atom is 0.389 e. The third-order valence-corrected chi connectivity index (χ3v) is 5.35. The van der Waals surface area contributed by atoms with Crippen LogP contribution in [0.3, 0.4) is 0 Å². The van der Waals surface area contributed by atoms with Crippen LogP contribution in [0.2, 0.25) is 10.3 Å². The van der Waals surface area contributed by atoms with Crippen LogP contribution in [-0.2, 0) is 16.0 Å². The summed E-state index contributed by atoms with van der Waals surface area (Å²) in [4.78, 5) is 22.2. The molecule has 2 aromatic rings. The molecular weight excluding hydrogens is 603 g/mol. The summed E-state index contributed by atoms with van der Waals surface area (Å²) in [6, 6.07) is 0. The van der Waals surface area contributed by atoms with Crippen LogP contribution in [0, 0.1) is 0 Å². The largest absolute Gasteiger partial charge is 0.389 e. The first-order valence-corrected chi connectivity index (χ1v) is 12.4. The predicted octanol–water partition coefficient (Wildman–Crippen LogP) is 7.58. The number of nitrogens with zero attached hydrogens (tertiary/aromatic N) is 2. The number of thioether (sulfide) groups is 1. The van der Waals surface area contributed by atoms with Crippen LogP contribution in [0.5, 0.6) is 0 Å². The molecule has 17 heteroatoms. The average molecular weight is 635 g/mol. The molecule has 0 unspecified atom stereocenters. The maximum atomic E-state index is 11.8. The lowest BCUT2D eigenvalue weighted by atomic mass is 10.2. The fourth-order valence-corrected chi connectivity index (χ4v) is 3.30. The van der Waals surface area contributed by atoms with E-state index in [0.717, 1.165) is 11.8 Å². The van der Waals surface area contributed by atoms with Crippen molar-refractivity contribution >= 4 is 65.0 Å². The molecule has 3 N–H and O–H groups in total. The van der Waals surface area contributed by atoms with Gasteiger partial charge >= 0.3 is 12.4 Å². The summed E-state index contributed by atoms with van der Waals surface area (Å²) in [6.07, 6.45) is -5.25. The van der Waals surface area contributed by atoms with Crippen LogP contribution in [0.25, 0.3) is 0 Å². The summed E-state index contributed by atoms with van der Waals surface area (Å²) in [5.74, 6) is -0.199. The summed E-state index contributed by atoms with van der Waals surface area (Å²) >= 11 is 15.8. The van der Waals surface area contributed by atoms with Gasteiger partial charge in [0.15, 0.2) is 5.78 Å². The number of hydrogen-bond acceptors (Lipinski definition) is 6. The van der Waals surface area contributed by atoms with E-state index in [0.29, 0.717) is 22.2 Å². The van der Waals surface area contributed by atoms with E-state index in [4.69, 9.17) is 23.2 Å². The first kappa shape index (κ1) is 40.7. The van der Waals surface area contributed by atoms with Gasteiger partial charge in [-0.25, -0.2) is 0 Å². The van der Waals surface area contributed by atoms with Gasteiger partial charge in [-0.15, -0.1) is 0 Å². The summed E-state index contributed by atoms with van der Waals surface area (Å²) in [7, 11) is 0. The van der Waals surface area contributed by atoms with Crippen LogP contribution >= 0.6 is 47.6 Å². The van der Waals surface area contributed by atoms with Crippen molar-refractivity contribution < 1.29 is 35.9 Å². The SMILES string of the molecule is C.C.C=CC(=O)Cc1cn[nH]c1Cl.FC(F)(F)CCS.O=C(CCSCCC(F)(F)F)Nc1cn[nH]c1Cl. The second kappa shape index (κ2) is 21.0. The molecule has 38 heavy (non-hydrogen) atoms. The minimum absolute atomic E-state index is 0. The number of hydrogen-bond donors (Lipinski definition) is 4. The van der Waals surface area contributed by atoms with Gasteiger partial charge in [0.05, 0.1) is 30.9 Å². The molecule has 0 saturated heterocycles. The normalized spacial score (nSPS) is 10.4. The number of rotatable bonds is 10. The number of H-pyrrole nitrogens is 2. The molecule has 0 spiro atoms. The highest BCUT2D eigenvalue weighted by Gasteiger charge is 2.26. The Labute approximate surface area is 237 Å². The van der Waals surface area contributed by atoms with Crippen molar-refractivity contribution in [3.63, 3.8) is 0 Å². The maximum absolute atomic E-state index is 11.8. The Hall–Kier alpha value is -1.84. The number of amides is 1. The zero-order valence-electron chi connectivity index (χ0n) is 18.5. The van der Waals surface area contributed by atoms with E-state index in [1.807, 2.05) is 0 Å². The van der Waals surface area contributed by atoms with Crippen molar-refractivity contribution in [1.29, 1.82) is 0 Å². The van der Waals surface area contributed by atoms with Crippen molar-refractivity contribution in [2.45, 2.75) is 52.9 Å². The van der Waals surface area contributed by atoms with Gasteiger partial charge in [0.25, 0.3) is 0 Å². The summed E-state index contributed by atoms with van der Waals surface area (Å²) in [6.45, 7) is 3.35. The first-order valence-electron chi connectivity index (χ1n) is 9.82. The number of anilines is 1. The Morgan fingerprint density at radius 3 is 1.95 bits per heavy atom. The van der Waals surface area contributed by atoms with E-state index >= 15 is 0 Å². The standard InChI is InChI=1S/C9H11ClF3N3OS.C7H7ClN2O.C3H5F3S.2CH4/c10-8-6(5-14-16-8)15-7(17)1-3-18-4-2-9(11,12)13;1-2-6(11)3-5-4-9-10-7(5)8;4-3(5,6)1-2-7;;/h5H,1-4H2,(H,14,16)(H,15,17);2,4H,1,3H2,(H,9,10);7H,1-2H2;2*1H4. The Balaban J connectivity index is -0.000000525. The number of halogens is 8. The smallest absolute Gasteiger partial charge is 0.322 e. The molecular formula is C21H31Cl2F6N5O2S2. The van der Waals surface area contributed by atoms with Gasteiger partial charge in [0.2, 0.25) is 5.91 Å². The number of nitrogens with one attached hydrogen (secondary N) is 3. The molecule has 2 aromatic heterocycles. The fraction of sp³-hybridized carbons (Fsp3) is 0.524. The zero-order valence-corrected chi connectivity index (χ0v) is 21.7. The van der Waals surface area contributed by atoms with E-state index < -0.39 is 25.2 Å². The van der Waals surface area contributed by atoms with Gasteiger partial charge in [-0.3, -0.25) is 19.8 Å². The minimum atomic E-state index is -4.14. The molecule has 2 heterocycles. The molecule has 0 atom stereocenters. The van der Waals surface area contributed by atoms with E-state index in [1.165, 1.54) is 18.5 Å². The molecule has 7 nitrogen and oxygen atoms in total. The highest BCUT2D eigenvalue weighted by atomic mass is 35.5. The molecule has 0 radical (unpaired) electrons. The average Bonchev–Trinajstić information content (AvgIpc) is 3.34. The van der Waals surface area contributed by atoms with Crippen molar-refractivity contribution in [2.24, 2.45) is 0 Å².